The van der Waals surface area contributed by atoms with E-state index in [2.05, 4.69) is 11.8 Å². The molecule has 1 atom stereocenters. The second-order valence-corrected chi connectivity index (χ2v) is 4.84. The topological polar surface area (TPSA) is 89.4 Å². The molecule has 0 spiro atoms. The van der Waals surface area contributed by atoms with Crippen LogP contribution in [-0.2, 0) is 4.79 Å². The molecule has 0 aromatic heterocycles. The van der Waals surface area contributed by atoms with E-state index in [4.69, 9.17) is 11.5 Å². The first kappa shape index (κ1) is 15.0. The van der Waals surface area contributed by atoms with Gasteiger partial charge < -0.3 is 16.4 Å². The first-order chi connectivity index (χ1) is 10.0. The van der Waals surface area contributed by atoms with Gasteiger partial charge in [0.1, 0.15) is 5.82 Å². The largest absolute Gasteiger partial charge is 0.369 e. The minimum atomic E-state index is -0.633. The Balaban J connectivity index is 2.15. The summed E-state index contributed by atoms with van der Waals surface area (Å²) in [7, 11) is 0. The number of carbonyl (C=O) groups excluding carboxylic acids is 2. The van der Waals surface area contributed by atoms with E-state index in [9.17, 15) is 14.0 Å². The second-order valence-electron chi connectivity index (χ2n) is 4.84. The lowest BCUT2D eigenvalue weighted by Gasteiger charge is -2.16. The third-order valence-corrected chi connectivity index (χ3v) is 3.41. The second kappa shape index (κ2) is 6.37. The van der Waals surface area contributed by atoms with Crippen molar-refractivity contribution >= 4 is 11.8 Å². The minimum absolute atomic E-state index is 0.0292. The highest BCUT2D eigenvalue weighted by molar-refractivity contribution is 5.95. The molecule has 0 aliphatic carbocycles. The first-order valence-corrected chi connectivity index (χ1v) is 6.60. The normalized spacial score (nSPS) is 17.2. The van der Waals surface area contributed by atoms with Crippen LogP contribution >= 0.6 is 0 Å². The average Bonchev–Trinajstić information content (AvgIpc) is 2.94. The van der Waals surface area contributed by atoms with Crippen molar-refractivity contribution in [1.82, 2.24) is 4.90 Å². The van der Waals surface area contributed by atoms with Crippen molar-refractivity contribution in [3.05, 3.63) is 35.1 Å². The van der Waals surface area contributed by atoms with E-state index in [1.807, 2.05) is 0 Å². The van der Waals surface area contributed by atoms with Crippen LogP contribution in [0.25, 0.3) is 0 Å². The molecule has 1 aromatic carbocycles. The Morgan fingerprint density at radius 2 is 2.19 bits per heavy atom. The molecule has 1 saturated heterocycles. The van der Waals surface area contributed by atoms with Crippen LogP contribution in [0.5, 0.6) is 0 Å². The van der Waals surface area contributed by atoms with Gasteiger partial charge in [-0.15, -0.1) is 0 Å². The Morgan fingerprint density at radius 3 is 2.76 bits per heavy atom. The molecule has 0 radical (unpaired) electrons. The summed E-state index contributed by atoms with van der Waals surface area (Å²) in [5.41, 5.74) is 10.9. The van der Waals surface area contributed by atoms with Crippen LogP contribution in [0, 0.1) is 23.6 Å². The highest BCUT2D eigenvalue weighted by Gasteiger charge is 2.31. The molecular formula is C15H16FN3O2. The number of hydrogen-bond acceptors (Lipinski definition) is 3. The Bertz CT molecular complexity index is 634. The van der Waals surface area contributed by atoms with Crippen molar-refractivity contribution in [2.45, 2.75) is 6.42 Å². The minimum Gasteiger partial charge on any atom is -0.369 e. The summed E-state index contributed by atoms with van der Waals surface area (Å²) < 4.78 is 14.0. The zero-order chi connectivity index (χ0) is 15.4. The Hall–Kier alpha value is -2.39. The number of rotatable bonds is 2. The maximum atomic E-state index is 14.0. The lowest BCUT2D eigenvalue weighted by molar-refractivity contribution is -0.121. The maximum absolute atomic E-state index is 14.0. The number of benzene rings is 1. The molecule has 1 heterocycles. The Morgan fingerprint density at radius 1 is 1.43 bits per heavy atom. The average molecular weight is 289 g/mol. The predicted octanol–water partition coefficient (Wildman–Crippen LogP) is 0.0833. The third-order valence-electron chi connectivity index (χ3n) is 3.41. The molecule has 2 amide bonds. The van der Waals surface area contributed by atoms with Gasteiger partial charge in [-0.3, -0.25) is 9.59 Å². The van der Waals surface area contributed by atoms with Gasteiger partial charge in [-0.2, -0.15) is 0 Å². The van der Waals surface area contributed by atoms with Crippen molar-refractivity contribution in [3.8, 4) is 11.8 Å². The summed E-state index contributed by atoms with van der Waals surface area (Å²) in [5, 5.41) is 0. The van der Waals surface area contributed by atoms with Crippen LogP contribution in [0.1, 0.15) is 22.3 Å². The van der Waals surface area contributed by atoms with Crippen molar-refractivity contribution < 1.29 is 14.0 Å². The van der Waals surface area contributed by atoms with E-state index in [1.54, 1.807) is 6.07 Å². The van der Waals surface area contributed by atoms with Crippen LogP contribution in [0.15, 0.2) is 18.2 Å². The van der Waals surface area contributed by atoms with E-state index < -0.39 is 17.6 Å². The van der Waals surface area contributed by atoms with E-state index >= 15 is 0 Å². The van der Waals surface area contributed by atoms with Crippen molar-refractivity contribution in [1.29, 1.82) is 0 Å². The van der Waals surface area contributed by atoms with E-state index in [0.717, 1.165) is 0 Å². The first-order valence-electron chi connectivity index (χ1n) is 6.60. The van der Waals surface area contributed by atoms with Gasteiger partial charge in [0.05, 0.1) is 18.0 Å². The summed E-state index contributed by atoms with van der Waals surface area (Å²) in [4.78, 5) is 24.8. The number of halogens is 1. The molecule has 1 aromatic rings. The zero-order valence-corrected chi connectivity index (χ0v) is 11.4. The smallest absolute Gasteiger partial charge is 0.256 e. The molecule has 0 bridgehead atoms. The van der Waals surface area contributed by atoms with Crippen LogP contribution < -0.4 is 11.5 Å². The highest BCUT2D eigenvalue weighted by atomic mass is 19.1. The molecule has 4 N–H and O–H groups in total. The van der Waals surface area contributed by atoms with Crippen molar-refractivity contribution in [3.63, 3.8) is 0 Å². The summed E-state index contributed by atoms with van der Waals surface area (Å²) in [6.45, 7) is 0.827. The van der Waals surface area contributed by atoms with Crippen molar-refractivity contribution in [2.24, 2.45) is 17.4 Å². The SMILES string of the molecule is NCC#Cc1ccc(C(=O)N2CCC(C(N)=O)C2)c(F)c1. The third kappa shape index (κ3) is 3.38. The standard InChI is InChI=1S/C15H16FN3O2/c16-13-8-10(2-1-6-17)3-4-12(13)15(21)19-7-5-11(9-19)14(18)20/h3-4,8,11H,5-7,9,17H2,(H2,18,20). The number of amides is 2. The molecule has 1 aliphatic rings. The van der Waals surface area contributed by atoms with Crippen molar-refractivity contribution in [2.75, 3.05) is 19.6 Å². The fourth-order valence-corrected chi connectivity index (χ4v) is 2.27. The van der Waals surface area contributed by atoms with Gasteiger partial charge in [0, 0.05) is 18.7 Å². The molecule has 0 saturated carbocycles. The van der Waals surface area contributed by atoms with Gasteiger partial charge in [-0.1, -0.05) is 11.8 Å². The summed E-state index contributed by atoms with van der Waals surface area (Å²) >= 11 is 0. The van der Waals surface area contributed by atoms with Gasteiger partial charge in [0.15, 0.2) is 0 Å². The van der Waals surface area contributed by atoms with Gasteiger partial charge in [0.2, 0.25) is 5.91 Å². The number of carbonyl (C=O) groups is 2. The molecule has 2 rings (SSSR count). The number of likely N-dealkylation sites (tertiary alicyclic amines) is 1. The number of primary amides is 1. The Labute approximate surface area is 122 Å². The fourth-order valence-electron chi connectivity index (χ4n) is 2.27. The van der Waals surface area contributed by atoms with Crippen LogP contribution in [0.2, 0.25) is 0 Å². The quantitative estimate of drug-likeness (QED) is 0.756. The van der Waals surface area contributed by atoms with E-state index in [-0.39, 0.29) is 24.6 Å². The van der Waals surface area contributed by atoms with Crippen LogP contribution in [-0.4, -0.2) is 36.3 Å². The van der Waals surface area contributed by atoms with Crippen LogP contribution in [0.4, 0.5) is 4.39 Å². The van der Waals surface area contributed by atoms with Gasteiger partial charge in [0.25, 0.3) is 5.91 Å². The number of nitrogens with zero attached hydrogens (tertiary/aromatic N) is 1. The lowest BCUT2D eigenvalue weighted by atomic mass is 10.1. The molecule has 1 aliphatic heterocycles. The van der Waals surface area contributed by atoms with Gasteiger partial charge >= 0.3 is 0 Å². The molecule has 5 nitrogen and oxygen atoms in total. The van der Waals surface area contributed by atoms with Gasteiger partial charge in [-0.05, 0) is 24.6 Å². The Kier molecular flexibility index (Phi) is 4.55. The summed E-state index contributed by atoms with van der Waals surface area (Å²) in [5.74, 6) is 3.46. The van der Waals surface area contributed by atoms with E-state index in [1.165, 1.54) is 17.0 Å². The molecule has 21 heavy (non-hydrogen) atoms. The maximum Gasteiger partial charge on any atom is 0.256 e. The lowest BCUT2D eigenvalue weighted by Crippen LogP contribution is -2.32. The zero-order valence-electron chi connectivity index (χ0n) is 11.4. The van der Waals surface area contributed by atoms with Crippen LogP contribution in [0.3, 0.4) is 0 Å². The highest BCUT2D eigenvalue weighted by Crippen LogP contribution is 2.20. The number of hydrogen-bond donors (Lipinski definition) is 2. The predicted molar refractivity (Wildman–Crippen MR) is 75.5 cm³/mol. The van der Waals surface area contributed by atoms with Gasteiger partial charge in [-0.25, -0.2) is 4.39 Å². The summed E-state index contributed by atoms with van der Waals surface area (Å²) in [6.07, 6.45) is 0.517. The molecule has 6 heteroatoms. The molecular weight excluding hydrogens is 273 g/mol. The number of nitrogens with two attached hydrogens (primary N) is 2. The molecule has 1 unspecified atom stereocenters. The monoisotopic (exact) mass is 289 g/mol. The molecule has 110 valence electrons. The molecule has 1 fully saturated rings. The van der Waals surface area contributed by atoms with E-state index in [0.29, 0.717) is 18.5 Å². The fraction of sp³-hybridized carbons (Fsp3) is 0.333. The summed E-state index contributed by atoms with van der Waals surface area (Å²) in [6, 6.07) is 4.17.